The van der Waals surface area contributed by atoms with Crippen molar-refractivity contribution >= 4 is 29.6 Å². The number of allylic oxidation sites excluding steroid dienone is 2. The maximum Gasteiger partial charge on any atom is 0.120 e. The lowest BCUT2D eigenvalue weighted by Gasteiger charge is -2.39. The van der Waals surface area contributed by atoms with Crippen molar-refractivity contribution in [2.24, 2.45) is 0 Å². The molecular weight excluding hydrogens is 653 g/mol. The molecule has 0 aliphatic heterocycles. The summed E-state index contributed by atoms with van der Waals surface area (Å²) in [5.74, 6) is 0. The van der Waals surface area contributed by atoms with Gasteiger partial charge in [-0.25, -0.2) is 0 Å². The minimum atomic E-state index is -2.39. The quantitative estimate of drug-likeness (QED) is 0.0782. The first-order valence-corrected chi connectivity index (χ1v) is 22.6. The van der Waals surface area contributed by atoms with E-state index in [1.807, 2.05) is 0 Å². The van der Waals surface area contributed by atoms with Gasteiger partial charge in [-0.2, -0.15) is 0 Å². The first kappa shape index (κ1) is 35.1. The summed E-state index contributed by atoms with van der Waals surface area (Å²) in [6, 6.07) is 62.4. The lowest BCUT2D eigenvalue weighted by atomic mass is 9.99. The Morgan fingerprint density at radius 1 is 0.358 bits per heavy atom. The van der Waals surface area contributed by atoms with Crippen molar-refractivity contribution in [2.75, 3.05) is 0 Å². The maximum atomic E-state index is 2.48. The fraction of sp³-hybridized carbons (Fsp3) is 0.231. The van der Waals surface area contributed by atoms with E-state index in [4.69, 9.17) is 0 Å². The molecule has 0 N–H and O–H groups in total. The number of rotatable bonds is 14. The molecule has 0 spiro atoms. The van der Waals surface area contributed by atoms with E-state index in [-0.39, 0.29) is 0 Å². The maximum absolute atomic E-state index is 2.48. The molecule has 0 amide bonds. The second-order valence-corrected chi connectivity index (χ2v) is 19.4. The zero-order valence-corrected chi connectivity index (χ0v) is 32.6. The molecule has 6 aromatic carbocycles. The van der Waals surface area contributed by atoms with Crippen LogP contribution in [0.3, 0.4) is 0 Å². The van der Waals surface area contributed by atoms with Crippen molar-refractivity contribution < 1.29 is 0 Å². The van der Waals surface area contributed by atoms with Gasteiger partial charge < -0.3 is 0 Å². The van der Waals surface area contributed by atoms with E-state index in [9.17, 15) is 0 Å². The van der Waals surface area contributed by atoms with Crippen LogP contribution >= 0.6 is 0 Å². The molecule has 0 bridgehead atoms. The Kier molecular flexibility index (Phi) is 10.6. The third kappa shape index (κ3) is 6.96. The third-order valence-electron chi connectivity index (χ3n) is 12.0. The summed E-state index contributed by atoms with van der Waals surface area (Å²) in [5, 5.41) is 3.47. The highest BCUT2D eigenvalue weighted by atomic mass is 28.3. The van der Waals surface area contributed by atoms with Gasteiger partial charge in [-0.15, -0.1) is 0 Å². The Bertz CT molecular complexity index is 2060. The molecule has 264 valence electrons. The molecule has 53 heavy (non-hydrogen) atoms. The van der Waals surface area contributed by atoms with Crippen molar-refractivity contribution in [1.82, 2.24) is 0 Å². The lowest BCUT2D eigenvalue weighted by molar-refractivity contribution is 0.744. The Labute approximate surface area is 319 Å². The van der Waals surface area contributed by atoms with Crippen LogP contribution in [0.15, 0.2) is 158 Å². The summed E-state index contributed by atoms with van der Waals surface area (Å²) < 4.78 is 0. The Hall–Kier alpha value is -4.98. The summed E-state index contributed by atoms with van der Waals surface area (Å²) >= 11 is 0. The first-order chi connectivity index (χ1) is 26.2. The van der Waals surface area contributed by atoms with Gasteiger partial charge in [-0.3, -0.25) is 0 Å². The molecule has 1 heteroatoms. The zero-order valence-electron chi connectivity index (χ0n) is 31.6. The number of unbranched alkanes of at least 4 members (excludes halogenated alkanes) is 4. The first-order valence-electron chi connectivity index (χ1n) is 20.2. The van der Waals surface area contributed by atoms with Crippen LogP contribution in [0, 0.1) is 0 Å². The number of benzene rings is 6. The van der Waals surface area contributed by atoms with Crippen LogP contribution in [0.5, 0.6) is 0 Å². The second kappa shape index (κ2) is 15.9. The largest absolute Gasteiger partial charge is 0.120 e. The molecule has 6 aromatic rings. The van der Waals surface area contributed by atoms with Gasteiger partial charge in [-0.05, 0) is 102 Å². The highest BCUT2D eigenvalue weighted by molar-refractivity contribution is 7.12. The van der Waals surface area contributed by atoms with E-state index < -0.39 is 8.07 Å². The van der Waals surface area contributed by atoms with Crippen LogP contribution in [0.1, 0.15) is 85.8 Å². The average molecular weight is 705 g/mol. The fourth-order valence-corrected chi connectivity index (χ4v) is 15.7. The van der Waals surface area contributed by atoms with Gasteiger partial charge in [-0.1, -0.05) is 210 Å². The second-order valence-electron chi connectivity index (χ2n) is 15.3. The molecule has 0 saturated heterocycles. The minimum absolute atomic E-state index is 1.02. The summed E-state index contributed by atoms with van der Waals surface area (Å²) in [6.45, 7) is 4.74. The van der Waals surface area contributed by atoms with Crippen molar-refractivity contribution in [2.45, 2.75) is 77.3 Å². The van der Waals surface area contributed by atoms with E-state index in [2.05, 4.69) is 172 Å². The number of hydrogen-bond acceptors (Lipinski definition) is 0. The molecule has 0 radical (unpaired) electrons. The smallest absolute Gasteiger partial charge is 0.0654 e. The van der Waals surface area contributed by atoms with Crippen LogP contribution in [-0.2, 0) is 12.8 Å². The van der Waals surface area contributed by atoms with Gasteiger partial charge in [0.2, 0.25) is 0 Å². The van der Waals surface area contributed by atoms with Gasteiger partial charge in [0.15, 0.2) is 0 Å². The van der Waals surface area contributed by atoms with E-state index in [0.29, 0.717) is 0 Å². The molecule has 2 aliphatic rings. The molecule has 0 unspecified atom stereocenters. The summed E-state index contributed by atoms with van der Waals surface area (Å²) in [7, 11) is -2.39. The molecular formula is C52H52Si. The molecule has 0 atom stereocenters. The monoisotopic (exact) mass is 704 g/mol. The number of fused-ring (bicyclic) bond motifs is 2. The Morgan fingerprint density at radius 3 is 1.09 bits per heavy atom. The van der Waals surface area contributed by atoms with Crippen LogP contribution in [0.25, 0.3) is 43.8 Å². The molecule has 0 nitrogen and oxygen atoms in total. The molecule has 8 rings (SSSR count). The molecule has 0 saturated carbocycles. The van der Waals surface area contributed by atoms with Crippen LogP contribution in [-0.4, -0.2) is 8.07 Å². The van der Waals surface area contributed by atoms with Crippen molar-refractivity contribution in [1.29, 1.82) is 0 Å². The third-order valence-corrected chi connectivity index (χ3v) is 17.4. The van der Waals surface area contributed by atoms with E-state index in [1.165, 1.54) is 106 Å². The predicted octanol–water partition coefficient (Wildman–Crippen LogP) is 14.6. The summed E-state index contributed by atoms with van der Waals surface area (Å²) in [6.07, 6.45) is 9.66. The van der Waals surface area contributed by atoms with E-state index in [0.717, 1.165) is 12.8 Å². The van der Waals surface area contributed by atoms with Gasteiger partial charge in [0, 0.05) is 0 Å². The lowest BCUT2D eigenvalue weighted by Crippen LogP contribution is -2.39. The predicted molar refractivity (Wildman–Crippen MR) is 232 cm³/mol. The molecule has 0 heterocycles. The number of hydrogen-bond donors (Lipinski definition) is 0. The summed E-state index contributed by atoms with van der Waals surface area (Å²) in [5.41, 5.74) is 17.2. The van der Waals surface area contributed by atoms with Crippen LogP contribution in [0.2, 0.25) is 12.1 Å². The van der Waals surface area contributed by atoms with Crippen molar-refractivity contribution in [3.8, 4) is 22.3 Å². The highest BCUT2D eigenvalue weighted by Crippen LogP contribution is 2.56. The van der Waals surface area contributed by atoms with Gasteiger partial charge in [0.1, 0.15) is 8.07 Å². The summed E-state index contributed by atoms with van der Waals surface area (Å²) in [4.78, 5) is 0. The zero-order chi connectivity index (χ0) is 36.0. The minimum Gasteiger partial charge on any atom is -0.0654 e. The molecule has 0 aromatic heterocycles. The van der Waals surface area contributed by atoms with Crippen LogP contribution in [0.4, 0.5) is 0 Å². The van der Waals surface area contributed by atoms with Gasteiger partial charge in [0.05, 0.1) is 0 Å². The molecule has 2 aliphatic carbocycles. The van der Waals surface area contributed by atoms with Crippen molar-refractivity contribution in [3.05, 3.63) is 191 Å². The Morgan fingerprint density at radius 2 is 0.698 bits per heavy atom. The highest BCUT2D eigenvalue weighted by Gasteiger charge is 2.48. The van der Waals surface area contributed by atoms with E-state index in [1.54, 1.807) is 21.5 Å². The standard InChI is InChI=1S/C52H52Si/c1-3-5-17-35-53(36-18-6-4-2,51-47-25-15-13-23-45(47)37-49(51)43-31-27-41(28-32-43)39-19-9-7-10-20-39)52-48-26-16-14-24-46(48)38-50(52)44-33-29-42(30-34-44)40-21-11-8-12-22-40/h7-16,19-34H,3-6,17-18,35-38H2,1-2H3. The average Bonchev–Trinajstić information content (AvgIpc) is 3.82. The molecule has 0 fully saturated rings. The Balaban J connectivity index is 1.37. The van der Waals surface area contributed by atoms with Crippen molar-refractivity contribution in [3.63, 3.8) is 0 Å². The SMILES string of the molecule is CCCCC[Si](CCCCC)(C1=C(c2ccc(-c3ccccc3)cc2)Cc2ccccc21)C1=C(c2ccc(-c3ccccc3)cc2)Cc2ccccc21. The van der Waals surface area contributed by atoms with Crippen LogP contribution < -0.4 is 0 Å². The van der Waals surface area contributed by atoms with E-state index >= 15 is 0 Å². The van der Waals surface area contributed by atoms with Gasteiger partial charge in [0.25, 0.3) is 0 Å². The topological polar surface area (TPSA) is 0 Å². The fourth-order valence-electron chi connectivity index (χ4n) is 9.40. The normalized spacial score (nSPS) is 13.8. The van der Waals surface area contributed by atoms with Gasteiger partial charge >= 0.3 is 0 Å².